The molecule has 2 aromatic rings. The van der Waals surface area contributed by atoms with Crippen LogP contribution < -0.4 is 11.1 Å². The number of H-pyrrole nitrogens is 1. The molecule has 0 saturated heterocycles. The molecule has 104 valence electrons. The Morgan fingerprint density at radius 2 is 2.11 bits per heavy atom. The monoisotopic (exact) mass is 281 g/mol. The molecule has 4 N–H and O–H groups in total. The number of carbonyl (C=O) groups is 1. The molecule has 0 atom stereocenters. The molecule has 0 radical (unpaired) electrons. The normalized spacial score (nSPS) is 10.2. The summed E-state index contributed by atoms with van der Waals surface area (Å²) in [5.74, 6) is 0.0836. The largest absolute Gasteiger partial charge is 0.361 e. The van der Waals surface area contributed by atoms with E-state index in [-0.39, 0.29) is 18.3 Å². The fourth-order valence-electron chi connectivity index (χ4n) is 2.03. The highest BCUT2D eigenvalue weighted by molar-refractivity contribution is 5.85. The molecule has 1 heterocycles. The van der Waals surface area contributed by atoms with Gasteiger partial charge in [-0.25, -0.2) is 0 Å². The highest BCUT2D eigenvalue weighted by atomic mass is 35.5. The number of benzene rings is 1. The number of halogens is 1. The molecule has 0 aliphatic carbocycles. The highest BCUT2D eigenvalue weighted by Crippen LogP contribution is 2.17. The van der Waals surface area contributed by atoms with Crippen molar-refractivity contribution < 1.29 is 4.79 Å². The molecule has 1 aromatic carbocycles. The van der Waals surface area contributed by atoms with Crippen LogP contribution in [0.1, 0.15) is 18.4 Å². The van der Waals surface area contributed by atoms with E-state index in [1.165, 1.54) is 10.9 Å². The number of aromatic nitrogens is 1. The molecule has 2 rings (SSSR count). The average Bonchev–Trinajstić information content (AvgIpc) is 2.80. The van der Waals surface area contributed by atoms with E-state index in [4.69, 9.17) is 5.73 Å². The van der Waals surface area contributed by atoms with E-state index in [1.807, 2.05) is 18.3 Å². The first kappa shape index (κ1) is 15.5. The van der Waals surface area contributed by atoms with Gasteiger partial charge in [-0.05, 0) is 31.0 Å². The van der Waals surface area contributed by atoms with E-state index in [0.717, 1.165) is 18.4 Å². The summed E-state index contributed by atoms with van der Waals surface area (Å²) in [4.78, 5) is 14.7. The van der Waals surface area contributed by atoms with Crippen molar-refractivity contribution in [2.75, 3.05) is 13.1 Å². The van der Waals surface area contributed by atoms with Crippen molar-refractivity contribution in [1.29, 1.82) is 0 Å². The predicted octanol–water partition coefficient (Wildman–Crippen LogP) is 1.99. The smallest absolute Gasteiger partial charge is 0.220 e. The first-order valence-corrected chi connectivity index (χ1v) is 6.33. The van der Waals surface area contributed by atoms with Gasteiger partial charge in [-0.15, -0.1) is 12.4 Å². The van der Waals surface area contributed by atoms with E-state index in [2.05, 4.69) is 22.4 Å². The van der Waals surface area contributed by atoms with E-state index >= 15 is 0 Å². The standard InChI is InChI=1S/C14H19N3O.ClH/c15-8-3-6-14(18)16-9-7-11-10-17-13-5-2-1-4-12(11)13;/h1-2,4-5,10,17H,3,6-9,15H2,(H,16,18);1H. The SMILES string of the molecule is Cl.NCCCC(=O)NCCc1c[nH]c2ccccc12. The number of hydrogen-bond donors (Lipinski definition) is 3. The minimum Gasteiger partial charge on any atom is -0.361 e. The van der Waals surface area contributed by atoms with Gasteiger partial charge in [0.2, 0.25) is 5.91 Å². The molecule has 0 bridgehead atoms. The maximum Gasteiger partial charge on any atom is 0.220 e. The van der Waals surface area contributed by atoms with Gasteiger partial charge in [0.25, 0.3) is 0 Å². The summed E-state index contributed by atoms with van der Waals surface area (Å²) >= 11 is 0. The van der Waals surface area contributed by atoms with Crippen molar-refractivity contribution in [3.8, 4) is 0 Å². The summed E-state index contributed by atoms with van der Waals surface area (Å²) in [6.45, 7) is 1.24. The van der Waals surface area contributed by atoms with Crippen molar-refractivity contribution in [1.82, 2.24) is 10.3 Å². The summed E-state index contributed by atoms with van der Waals surface area (Å²) in [6, 6.07) is 8.19. The molecule has 5 heteroatoms. The molecule has 0 spiro atoms. The van der Waals surface area contributed by atoms with Crippen molar-refractivity contribution in [3.63, 3.8) is 0 Å². The van der Waals surface area contributed by atoms with Crippen molar-refractivity contribution in [2.45, 2.75) is 19.3 Å². The second-order valence-corrected chi connectivity index (χ2v) is 4.35. The zero-order valence-corrected chi connectivity index (χ0v) is 11.6. The van der Waals surface area contributed by atoms with Gasteiger partial charge in [-0.2, -0.15) is 0 Å². The number of hydrogen-bond acceptors (Lipinski definition) is 2. The van der Waals surface area contributed by atoms with Crippen LogP contribution in [0.5, 0.6) is 0 Å². The van der Waals surface area contributed by atoms with Gasteiger partial charge in [-0.1, -0.05) is 18.2 Å². The van der Waals surface area contributed by atoms with E-state index in [9.17, 15) is 4.79 Å². The van der Waals surface area contributed by atoms with Crippen LogP contribution in [0, 0.1) is 0 Å². The van der Waals surface area contributed by atoms with E-state index in [0.29, 0.717) is 19.5 Å². The Morgan fingerprint density at radius 3 is 2.89 bits per heavy atom. The van der Waals surface area contributed by atoms with Gasteiger partial charge in [-0.3, -0.25) is 4.79 Å². The number of aromatic amines is 1. The molecule has 19 heavy (non-hydrogen) atoms. The minimum absolute atomic E-state index is 0. The number of nitrogens with one attached hydrogen (secondary N) is 2. The van der Waals surface area contributed by atoms with Crippen molar-refractivity contribution >= 4 is 29.2 Å². The van der Waals surface area contributed by atoms with Crippen LogP contribution in [-0.2, 0) is 11.2 Å². The zero-order valence-electron chi connectivity index (χ0n) is 10.8. The lowest BCUT2D eigenvalue weighted by Gasteiger charge is -2.04. The molecular formula is C14H20ClN3O. The Balaban J connectivity index is 0.00000180. The third kappa shape index (κ3) is 4.26. The van der Waals surface area contributed by atoms with Gasteiger partial charge in [0, 0.05) is 30.1 Å². The Morgan fingerprint density at radius 1 is 1.32 bits per heavy atom. The van der Waals surface area contributed by atoms with Crippen LogP contribution in [0.3, 0.4) is 0 Å². The van der Waals surface area contributed by atoms with Gasteiger partial charge < -0.3 is 16.0 Å². The maximum atomic E-state index is 11.4. The lowest BCUT2D eigenvalue weighted by atomic mass is 10.1. The van der Waals surface area contributed by atoms with E-state index in [1.54, 1.807) is 0 Å². The van der Waals surface area contributed by atoms with Crippen LogP contribution in [0.25, 0.3) is 10.9 Å². The molecule has 0 fully saturated rings. The Bertz CT molecular complexity index is 524. The van der Waals surface area contributed by atoms with Crippen LogP contribution >= 0.6 is 12.4 Å². The first-order valence-electron chi connectivity index (χ1n) is 6.33. The number of rotatable bonds is 6. The summed E-state index contributed by atoms with van der Waals surface area (Å²) < 4.78 is 0. The summed E-state index contributed by atoms with van der Waals surface area (Å²) in [6.07, 6.45) is 4.12. The fraction of sp³-hybridized carbons (Fsp3) is 0.357. The molecule has 0 aliphatic rings. The second-order valence-electron chi connectivity index (χ2n) is 4.35. The lowest BCUT2D eigenvalue weighted by Crippen LogP contribution is -2.25. The number of amides is 1. The number of para-hydroxylation sites is 1. The topological polar surface area (TPSA) is 70.9 Å². The number of carbonyl (C=O) groups excluding carboxylic acids is 1. The Labute approximate surface area is 119 Å². The summed E-state index contributed by atoms with van der Waals surface area (Å²) in [5, 5.41) is 4.14. The van der Waals surface area contributed by atoms with Crippen LogP contribution in [0.2, 0.25) is 0 Å². The molecule has 0 saturated carbocycles. The Kier molecular flexibility index (Phi) is 6.39. The third-order valence-electron chi connectivity index (χ3n) is 3.00. The van der Waals surface area contributed by atoms with Crippen LogP contribution in [-0.4, -0.2) is 24.0 Å². The summed E-state index contributed by atoms with van der Waals surface area (Å²) in [7, 11) is 0. The molecular weight excluding hydrogens is 262 g/mol. The van der Waals surface area contributed by atoms with E-state index < -0.39 is 0 Å². The Hall–Kier alpha value is -1.52. The van der Waals surface area contributed by atoms with Crippen LogP contribution in [0.15, 0.2) is 30.5 Å². The molecule has 4 nitrogen and oxygen atoms in total. The molecule has 1 aromatic heterocycles. The second kappa shape index (κ2) is 7.81. The fourth-order valence-corrected chi connectivity index (χ4v) is 2.03. The highest BCUT2D eigenvalue weighted by Gasteiger charge is 2.04. The van der Waals surface area contributed by atoms with Crippen LogP contribution in [0.4, 0.5) is 0 Å². The number of nitrogens with two attached hydrogens (primary N) is 1. The maximum absolute atomic E-state index is 11.4. The minimum atomic E-state index is 0. The summed E-state index contributed by atoms with van der Waals surface area (Å²) in [5.41, 5.74) is 7.74. The lowest BCUT2D eigenvalue weighted by molar-refractivity contribution is -0.121. The van der Waals surface area contributed by atoms with Gasteiger partial charge >= 0.3 is 0 Å². The third-order valence-corrected chi connectivity index (χ3v) is 3.00. The van der Waals surface area contributed by atoms with Gasteiger partial charge in [0.1, 0.15) is 0 Å². The predicted molar refractivity (Wildman–Crippen MR) is 80.5 cm³/mol. The van der Waals surface area contributed by atoms with Crippen molar-refractivity contribution in [3.05, 3.63) is 36.0 Å². The quantitative estimate of drug-likeness (QED) is 0.758. The van der Waals surface area contributed by atoms with Gasteiger partial charge in [0.15, 0.2) is 0 Å². The van der Waals surface area contributed by atoms with Crippen molar-refractivity contribution in [2.24, 2.45) is 5.73 Å². The molecule has 1 amide bonds. The molecule has 0 aliphatic heterocycles. The number of fused-ring (bicyclic) bond motifs is 1. The van der Waals surface area contributed by atoms with Gasteiger partial charge in [0.05, 0.1) is 0 Å². The average molecular weight is 282 g/mol. The zero-order chi connectivity index (χ0) is 12.8. The first-order chi connectivity index (χ1) is 8.81. The molecule has 0 unspecified atom stereocenters.